The van der Waals surface area contributed by atoms with Crippen LogP contribution >= 0.6 is 0 Å². The summed E-state index contributed by atoms with van der Waals surface area (Å²) in [7, 11) is -3.79. The summed E-state index contributed by atoms with van der Waals surface area (Å²) in [5.74, 6) is 0. The standard InChI is InChI=1S/C15H11F3N2O2S/c16-15(17,18)14-9-10-8-11(6-7-13(10)19-14)20-23(21,22)12-4-2-1-3-5-12/h1-9,19-20H. The van der Waals surface area contributed by atoms with Crippen LogP contribution in [0.25, 0.3) is 10.9 Å². The largest absolute Gasteiger partial charge is 0.431 e. The van der Waals surface area contributed by atoms with Crippen LogP contribution in [0.15, 0.2) is 59.5 Å². The molecule has 120 valence electrons. The van der Waals surface area contributed by atoms with E-state index in [4.69, 9.17) is 0 Å². The quantitative estimate of drug-likeness (QED) is 0.757. The van der Waals surface area contributed by atoms with Crippen LogP contribution in [0.4, 0.5) is 18.9 Å². The van der Waals surface area contributed by atoms with Crippen molar-refractivity contribution in [3.05, 3.63) is 60.3 Å². The number of hydrogen-bond donors (Lipinski definition) is 2. The van der Waals surface area contributed by atoms with Crippen molar-refractivity contribution in [3.8, 4) is 0 Å². The van der Waals surface area contributed by atoms with Crippen LogP contribution in [-0.4, -0.2) is 13.4 Å². The van der Waals surface area contributed by atoms with Crippen molar-refractivity contribution in [1.29, 1.82) is 0 Å². The van der Waals surface area contributed by atoms with Gasteiger partial charge in [-0.05, 0) is 36.4 Å². The molecule has 2 N–H and O–H groups in total. The van der Waals surface area contributed by atoms with Crippen LogP contribution in [0.3, 0.4) is 0 Å². The van der Waals surface area contributed by atoms with Gasteiger partial charge in [0.1, 0.15) is 5.69 Å². The molecule has 0 bridgehead atoms. The molecule has 2 aromatic carbocycles. The molecule has 0 unspecified atom stereocenters. The molecule has 1 heterocycles. The third kappa shape index (κ3) is 3.16. The Kier molecular flexibility index (Phi) is 3.56. The first-order valence-electron chi connectivity index (χ1n) is 6.53. The van der Waals surface area contributed by atoms with E-state index in [0.29, 0.717) is 0 Å². The van der Waals surface area contributed by atoms with Crippen molar-refractivity contribution in [2.75, 3.05) is 4.72 Å². The minimum atomic E-state index is -4.48. The zero-order valence-corrected chi connectivity index (χ0v) is 12.4. The number of rotatable bonds is 3. The molecule has 0 spiro atoms. The Morgan fingerprint density at radius 1 is 0.957 bits per heavy atom. The highest BCUT2D eigenvalue weighted by molar-refractivity contribution is 7.92. The summed E-state index contributed by atoms with van der Waals surface area (Å²) < 4.78 is 64.8. The average Bonchev–Trinajstić information content (AvgIpc) is 2.91. The van der Waals surface area contributed by atoms with Crippen LogP contribution < -0.4 is 4.72 Å². The first kappa shape index (κ1) is 15.4. The van der Waals surface area contributed by atoms with Gasteiger partial charge in [0.15, 0.2) is 0 Å². The Hall–Kier alpha value is -2.48. The Morgan fingerprint density at radius 2 is 1.65 bits per heavy atom. The number of aromatic nitrogens is 1. The molecule has 0 atom stereocenters. The summed E-state index contributed by atoms with van der Waals surface area (Å²) in [5, 5.41) is 0.269. The van der Waals surface area contributed by atoms with Crippen LogP contribution in [-0.2, 0) is 16.2 Å². The second-order valence-corrected chi connectivity index (χ2v) is 6.58. The number of fused-ring (bicyclic) bond motifs is 1. The predicted octanol–water partition coefficient (Wildman–Crippen LogP) is 3.99. The zero-order valence-electron chi connectivity index (χ0n) is 11.6. The minimum Gasteiger partial charge on any atom is -0.351 e. The smallest absolute Gasteiger partial charge is 0.351 e. The summed E-state index contributed by atoms with van der Waals surface area (Å²) in [6.07, 6.45) is -4.48. The van der Waals surface area contributed by atoms with Gasteiger partial charge >= 0.3 is 6.18 Å². The summed E-state index contributed by atoms with van der Waals surface area (Å²) in [6, 6.07) is 12.8. The molecule has 4 nitrogen and oxygen atoms in total. The van der Waals surface area contributed by atoms with Gasteiger partial charge in [-0.15, -0.1) is 0 Å². The van der Waals surface area contributed by atoms with Gasteiger partial charge in [-0.3, -0.25) is 4.72 Å². The van der Waals surface area contributed by atoms with Gasteiger partial charge < -0.3 is 4.98 Å². The van der Waals surface area contributed by atoms with Crippen molar-refractivity contribution in [1.82, 2.24) is 4.98 Å². The number of benzene rings is 2. The Morgan fingerprint density at radius 3 is 2.30 bits per heavy atom. The topological polar surface area (TPSA) is 62.0 Å². The first-order valence-corrected chi connectivity index (χ1v) is 8.02. The fourth-order valence-corrected chi connectivity index (χ4v) is 3.23. The Labute approximate surface area is 130 Å². The number of aromatic amines is 1. The van der Waals surface area contributed by atoms with Crippen molar-refractivity contribution >= 4 is 26.6 Å². The lowest BCUT2D eigenvalue weighted by atomic mass is 10.2. The van der Waals surface area contributed by atoms with Crippen LogP contribution in [0, 0.1) is 0 Å². The molecule has 23 heavy (non-hydrogen) atoms. The summed E-state index contributed by atoms with van der Waals surface area (Å²) >= 11 is 0. The number of halogens is 3. The van der Waals surface area contributed by atoms with Gasteiger partial charge in [-0.25, -0.2) is 8.42 Å². The fraction of sp³-hybridized carbons (Fsp3) is 0.0667. The molecule has 0 fully saturated rings. The van der Waals surface area contributed by atoms with Crippen molar-refractivity contribution in [2.24, 2.45) is 0 Å². The van der Waals surface area contributed by atoms with Gasteiger partial charge in [0.05, 0.1) is 4.90 Å². The molecular formula is C15H11F3N2O2S. The molecule has 0 aliphatic heterocycles. The van der Waals surface area contributed by atoms with E-state index in [1.807, 2.05) is 0 Å². The third-order valence-electron chi connectivity index (χ3n) is 3.23. The fourth-order valence-electron chi connectivity index (χ4n) is 2.16. The minimum absolute atomic E-state index is 0.0742. The SMILES string of the molecule is O=S(=O)(Nc1ccc2[nH]c(C(F)(F)F)cc2c1)c1ccccc1. The van der Waals surface area contributed by atoms with E-state index < -0.39 is 21.9 Å². The van der Waals surface area contributed by atoms with Crippen molar-refractivity contribution in [2.45, 2.75) is 11.1 Å². The third-order valence-corrected chi connectivity index (χ3v) is 4.63. The molecule has 0 aliphatic rings. The number of alkyl halides is 3. The second kappa shape index (κ2) is 5.31. The zero-order chi connectivity index (χ0) is 16.7. The summed E-state index contributed by atoms with van der Waals surface area (Å²) in [4.78, 5) is 2.33. The van der Waals surface area contributed by atoms with Crippen LogP contribution in [0.1, 0.15) is 5.69 Å². The average molecular weight is 340 g/mol. The molecular weight excluding hydrogens is 329 g/mol. The first-order chi connectivity index (χ1) is 10.8. The van der Waals surface area contributed by atoms with E-state index in [1.54, 1.807) is 18.2 Å². The highest BCUT2D eigenvalue weighted by Crippen LogP contribution is 2.32. The normalized spacial score (nSPS) is 12.5. The summed E-state index contributed by atoms with van der Waals surface area (Å²) in [6.45, 7) is 0. The maximum atomic E-state index is 12.7. The van der Waals surface area contributed by atoms with E-state index in [1.165, 1.54) is 30.3 Å². The van der Waals surface area contributed by atoms with Crippen LogP contribution in [0.5, 0.6) is 0 Å². The van der Waals surface area contributed by atoms with Crippen LogP contribution in [0.2, 0.25) is 0 Å². The molecule has 0 aliphatic carbocycles. The number of nitrogens with one attached hydrogen (secondary N) is 2. The monoisotopic (exact) mass is 340 g/mol. The number of anilines is 1. The molecule has 0 amide bonds. The van der Waals surface area contributed by atoms with E-state index in [0.717, 1.165) is 6.07 Å². The van der Waals surface area contributed by atoms with Gasteiger partial charge in [0.25, 0.3) is 10.0 Å². The molecule has 1 aromatic heterocycles. The van der Waals surface area contributed by atoms with Crippen molar-refractivity contribution < 1.29 is 21.6 Å². The maximum absolute atomic E-state index is 12.7. The lowest BCUT2D eigenvalue weighted by Crippen LogP contribution is -2.12. The Bertz CT molecular complexity index is 948. The molecule has 0 radical (unpaired) electrons. The summed E-state index contributed by atoms with van der Waals surface area (Å²) in [5.41, 5.74) is -0.412. The van der Waals surface area contributed by atoms with E-state index in [9.17, 15) is 21.6 Å². The number of sulfonamides is 1. The van der Waals surface area contributed by atoms with E-state index in [-0.39, 0.29) is 21.5 Å². The van der Waals surface area contributed by atoms with E-state index in [2.05, 4.69) is 9.71 Å². The lowest BCUT2D eigenvalue weighted by molar-refractivity contribution is -0.140. The second-order valence-electron chi connectivity index (χ2n) is 4.90. The van der Waals surface area contributed by atoms with Crippen molar-refractivity contribution in [3.63, 3.8) is 0 Å². The highest BCUT2D eigenvalue weighted by Gasteiger charge is 2.32. The molecule has 0 saturated heterocycles. The molecule has 8 heteroatoms. The lowest BCUT2D eigenvalue weighted by Gasteiger charge is -2.07. The Balaban J connectivity index is 1.95. The molecule has 3 rings (SSSR count). The molecule has 3 aromatic rings. The van der Waals surface area contributed by atoms with Gasteiger partial charge in [-0.1, -0.05) is 18.2 Å². The number of H-pyrrole nitrogens is 1. The van der Waals surface area contributed by atoms with E-state index >= 15 is 0 Å². The van der Waals surface area contributed by atoms with Gasteiger partial charge in [0, 0.05) is 16.6 Å². The van der Waals surface area contributed by atoms with Gasteiger partial charge in [-0.2, -0.15) is 13.2 Å². The maximum Gasteiger partial charge on any atom is 0.431 e. The molecule has 0 saturated carbocycles. The number of hydrogen-bond acceptors (Lipinski definition) is 2. The predicted molar refractivity (Wildman–Crippen MR) is 80.6 cm³/mol. The van der Waals surface area contributed by atoms with Gasteiger partial charge in [0.2, 0.25) is 0 Å². The highest BCUT2D eigenvalue weighted by atomic mass is 32.2.